The SMILES string of the molecule is CC(=O)C(=O)C(CC1CCC1)NC(=O)[C@@H]1[C@@H]2[C@H](CN1C(=O)[C@@H](NC(=O)NC1(C)CCCCC1)C(C)(C)C)C2(C)C. The van der Waals surface area contributed by atoms with E-state index in [-0.39, 0.29) is 40.6 Å². The molecule has 9 nitrogen and oxygen atoms in total. The maximum absolute atomic E-state index is 14.1. The van der Waals surface area contributed by atoms with E-state index >= 15 is 0 Å². The van der Waals surface area contributed by atoms with Gasteiger partial charge in [-0.1, -0.05) is 73.1 Å². The second-order valence-electron chi connectivity index (χ2n) is 14.9. The second kappa shape index (κ2) is 11.1. The first kappa shape index (κ1) is 30.5. The van der Waals surface area contributed by atoms with Gasteiger partial charge in [0.25, 0.3) is 0 Å². The predicted molar refractivity (Wildman–Crippen MR) is 152 cm³/mol. The van der Waals surface area contributed by atoms with Crippen LogP contribution in [0, 0.1) is 28.6 Å². The molecule has 0 bridgehead atoms. The lowest BCUT2D eigenvalue weighted by Crippen LogP contribution is -2.62. The van der Waals surface area contributed by atoms with Crippen molar-refractivity contribution in [3.63, 3.8) is 0 Å². The minimum atomic E-state index is -0.869. The van der Waals surface area contributed by atoms with E-state index in [0.29, 0.717) is 18.9 Å². The fourth-order valence-electron chi connectivity index (χ4n) is 7.32. The minimum Gasteiger partial charge on any atom is -0.344 e. The quantitative estimate of drug-likeness (QED) is 0.372. The molecule has 4 fully saturated rings. The molecule has 3 N–H and O–H groups in total. The number of urea groups is 1. The zero-order chi connectivity index (χ0) is 29.6. The monoisotopic (exact) mass is 558 g/mol. The summed E-state index contributed by atoms with van der Waals surface area (Å²) in [6.45, 7) is 13.7. The van der Waals surface area contributed by atoms with Crippen LogP contribution in [0.2, 0.25) is 0 Å². The summed E-state index contributed by atoms with van der Waals surface area (Å²) in [5.41, 5.74) is -0.999. The molecule has 1 saturated heterocycles. The molecule has 5 atom stereocenters. The predicted octanol–water partition coefficient (Wildman–Crippen LogP) is 3.74. The molecule has 4 rings (SSSR count). The summed E-state index contributed by atoms with van der Waals surface area (Å²) in [4.78, 5) is 67.5. The van der Waals surface area contributed by atoms with Crippen molar-refractivity contribution < 1.29 is 24.0 Å². The van der Waals surface area contributed by atoms with Gasteiger partial charge in [0.15, 0.2) is 5.78 Å². The van der Waals surface area contributed by atoms with E-state index in [1.165, 1.54) is 13.3 Å². The zero-order valence-corrected chi connectivity index (χ0v) is 25.5. The van der Waals surface area contributed by atoms with Crippen LogP contribution in [0.3, 0.4) is 0 Å². The van der Waals surface area contributed by atoms with E-state index in [1.807, 2.05) is 20.8 Å². The number of nitrogens with one attached hydrogen (secondary N) is 3. The molecule has 4 amide bonds. The Labute approximate surface area is 239 Å². The third-order valence-electron chi connectivity index (χ3n) is 10.3. The number of amides is 4. The molecule has 3 aliphatic carbocycles. The first-order valence-corrected chi connectivity index (χ1v) is 15.3. The fourth-order valence-corrected chi connectivity index (χ4v) is 7.32. The van der Waals surface area contributed by atoms with Gasteiger partial charge in [-0.2, -0.15) is 0 Å². The van der Waals surface area contributed by atoms with Crippen LogP contribution < -0.4 is 16.0 Å². The third-order valence-corrected chi connectivity index (χ3v) is 10.3. The third kappa shape index (κ3) is 6.23. The zero-order valence-electron chi connectivity index (χ0n) is 25.5. The summed E-state index contributed by atoms with van der Waals surface area (Å²) >= 11 is 0. The minimum absolute atomic E-state index is 0.0381. The normalized spacial score (nSPS) is 28.4. The Bertz CT molecular complexity index is 1040. The van der Waals surface area contributed by atoms with E-state index in [0.717, 1.165) is 44.9 Å². The summed E-state index contributed by atoms with van der Waals surface area (Å²) in [6.07, 6.45) is 8.63. The molecular weight excluding hydrogens is 508 g/mol. The van der Waals surface area contributed by atoms with Crippen molar-refractivity contribution in [3.8, 4) is 0 Å². The summed E-state index contributed by atoms with van der Waals surface area (Å²) in [6, 6.07) is -2.82. The lowest BCUT2D eigenvalue weighted by Gasteiger charge is -2.39. The van der Waals surface area contributed by atoms with Crippen molar-refractivity contribution in [2.24, 2.45) is 28.6 Å². The van der Waals surface area contributed by atoms with Crippen LogP contribution in [0.1, 0.15) is 106 Å². The number of ketones is 2. The molecule has 40 heavy (non-hydrogen) atoms. The molecule has 3 saturated carbocycles. The van der Waals surface area contributed by atoms with Crippen LogP contribution >= 0.6 is 0 Å². The highest BCUT2D eigenvalue weighted by Crippen LogP contribution is 2.65. The number of nitrogens with zero attached hydrogens (tertiary/aromatic N) is 1. The highest BCUT2D eigenvalue weighted by Gasteiger charge is 2.70. The summed E-state index contributed by atoms with van der Waals surface area (Å²) in [5.74, 6) is -1.36. The van der Waals surface area contributed by atoms with Crippen LogP contribution in [0.5, 0.6) is 0 Å². The number of hydrogen-bond acceptors (Lipinski definition) is 5. The number of piperidine rings is 1. The van der Waals surface area contributed by atoms with E-state index in [2.05, 4.69) is 36.7 Å². The Hall–Kier alpha value is -2.45. The van der Waals surface area contributed by atoms with Gasteiger partial charge in [-0.15, -0.1) is 0 Å². The molecule has 1 aliphatic heterocycles. The largest absolute Gasteiger partial charge is 0.344 e. The van der Waals surface area contributed by atoms with Crippen molar-refractivity contribution in [1.29, 1.82) is 0 Å². The molecule has 1 unspecified atom stereocenters. The van der Waals surface area contributed by atoms with Gasteiger partial charge in [0.1, 0.15) is 12.1 Å². The molecule has 1 heterocycles. The fraction of sp³-hybridized carbons (Fsp3) is 0.839. The van der Waals surface area contributed by atoms with Gasteiger partial charge in [-0.05, 0) is 54.8 Å². The van der Waals surface area contributed by atoms with Crippen LogP contribution in [0.15, 0.2) is 0 Å². The van der Waals surface area contributed by atoms with Crippen molar-refractivity contribution >= 4 is 29.4 Å². The average molecular weight is 559 g/mol. The molecule has 4 aliphatic rings. The summed E-state index contributed by atoms with van der Waals surface area (Å²) in [7, 11) is 0. The number of carbonyl (C=O) groups is 5. The number of carbonyl (C=O) groups excluding carboxylic acids is 5. The number of likely N-dealkylation sites (tertiary alicyclic amines) is 1. The molecule has 0 aromatic heterocycles. The molecule has 0 spiro atoms. The summed E-state index contributed by atoms with van der Waals surface area (Å²) < 4.78 is 0. The number of hydrogen-bond donors (Lipinski definition) is 3. The van der Waals surface area contributed by atoms with E-state index in [4.69, 9.17) is 0 Å². The number of rotatable bonds is 9. The average Bonchev–Trinajstić information content (AvgIpc) is 3.14. The van der Waals surface area contributed by atoms with Crippen molar-refractivity contribution in [1.82, 2.24) is 20.9 Å². The molecular formula is C31H50N4O5. The molecule has 0 radical (unpaired) electrons. The maximum Gasteiger partial charge on any atom is 0.315 e. The van der Waals surface area contributed by atoms with Gasteiger partial charge in [0, 0.05) is 19.0 Å². The lowest BCUT2D eigenvalue weighted by molar-refractivity contribution is -0.145. The van der Waals surface area contributed by atoms with E-state index in [1.54, 1.807) is 4.90 Å². The van der Waals surface area contributed by atoms with Crippen LogP contribution in [0.25, 0.3) is 0 Å². The lowest BCUT2D eigenvalue weighted by atomic mass is 9.79. The van der Waals surface area contributed by atoms with E-state index < -0.39 is 35.1 Å². The molecule has 224 valence electrons. The van der Waals surface area contributed by atoms with Gasteiger partial charge in [-0.25, -0.2) is 4.79 Å². The number of fused-ring (bicyclic) bond motifs is 1. The Balaban J connectivity index is 1.52. The van der Waals surface area contributed by atoms with Crippen LogP contribution in [-0.4, -0.2) is 64.5 Å². The highest BCUT2D eigenvalue weighted by atomic mass is 16.2. The Morgan fingerprint density at radius 2 is 1.55 bits per heavy atom. The topological polar surface area (TPSA) is 125 Å². The van der Waals surface area contributed by atoms with Crippen molar-refractivity contribution in [2.45, 2.75) is 130 Å². The first-order valence-electron chi connectivity index (χ1n) is 15.3. The first-order chi connectivity index (χ1) is 18.5. The summed E-state index contributed by atoms with van der Waals surface area (Å²) in [5, 5.41) is 8.97. The molecule has 0 aromatic carbocycles. The van der Waals surface area contributed by atoms with Crippen LogP contribution in [0.4, 0.5) is 4.79 Å². The molecule has 9 heteroatoms. The Morgan fingerprint density at radius 3 is 2.08 bits per heavy atom. The Morgan fingerprint density at radius 1 is 0.925 bits per heavy atom. The van der Waals surface area contributed by atoms with Gasteiger partial charge < -0.3 is 20.9 Å². The number of Topliss-reactive ketones (excluding diaryl/α,β-unsaturated/α-hetero) is 2. The van der Waals surface area contributed by atoms with Crippen molar-refractivity contribution in [2.75, 3.05) is 6.54 Å². The van der Waals surface area contributed by atoms with Gasteiger partial charge in [-0.3, -0.25) is 19.2 Å². The van der Waals surface area contributed by atoms with Gasteiger partial charge in [0.2, 0.25) is 17.6 Å². The highest BCUT2D eigenvalue weighted by molar-refractivity contribution is 6.38. The van der Waals surface area contributed by atoms with E-state index in [9.17, 15) is 24.0 Å². The van der Waals surface area contributed by atoms with Crippen LogP contribution in [-0.2, 0) is 19.2 Å². The molecule has 0 aromatic rings. The standard InChI is InChI=1S/C31H50N4O5/c1-18(36)24(37)21(16-19-12-11-13-19)32-26(38)23-22-20(30(22,5)6)17-35(23)27(39)25(29(2,3)4)33-28(40)34-31(7)14-9-8-10-15-31/h19-23,25H,8-17H2,1-7H3,(H,32,38)(H2,33,34,40)/t20-,21?,22-,23-,25+/m0/s1. The smallest absolute Gasteiger partial charge is 0.315 e. The maximum atomic E-state index is 14.1. The second-order valence-corrected chi connectivity index (χ2v) is 14.9. The van der Waals surface area contributed by atoms with Crippen molar-refractivity contribution in [3.05, 3.63) is 0 Å². The van der Waals surface area contributed by atoms with Gasteiger partial charge in [0.05, 0.1) is 6.04 Å². The van der Waals surface area contributed by atoms with Gasteiger partial charge >= 0.3 is 6.03 Å². The Kier molecular flexibility index (Phi) is 8.46.